The molecule has 1 saturated carbocycles. The van der Waals surface area contributed by atoms with Gasteiger partial charge in [-0.25, -0.2) is 13.2 Å². The second kappa shape index (κ2) is 11.3. The molecule has 1 aliphatic carbocycles. The van der Waals surface area contributed by atoms with E-state index >= 15 is 4.39 Å². The van der Waals surface area contributed by atoms with Crippen molar-refractivity contribution >= 4 is 0 Å². The summed E-state index contributed by atoms with van der Waals surface area (Å²) in [4.78, 5) is 0. The van der Waals surface area contributed by atoms with E-state index in [4.69, 9.17) is 4.74 Å². The van der Waals surface area contributed by atoms with Gasteiger partial charge in [-0.05, 0) is 79.8 Å². The van der Waals surface area contributed by atoms with Crippen molar-refractivity contribution in [3.8, 4) is 28.4 Å². The second-order valence-electron chi connectivity index (χ2n) is 9.36. The summed E-state index contributed by atoms with van der Waals surface area (Å²) < 4.78 is 80.2. The van der Waals surface area contributed by atoms with Gasteiger partial charge in [0.1, 0.15) is 11.6 Å². The van der Waals surface area contributed by atoms with E-state index in [1.165, 1.54) is 12.1 Å². The van der Waals surface area contributed by atoms with E-state index in [1.807, 2.05) is 0 Å². The first kappa shape index (κ1) is 26.0. The molecular formula is C29H29F5O2. The van der Waals surface area contributed by atoms with E-state index in [1.54, 1.807) is 31.2 Å². The summed E-state index contributed by atoms with van der Waals surface area (Å²) in [7, 11) is 0. The topological polar surface area (TPSA) is 18.5 Å². The molecule has 0 amide bonds. The molecule has 2 nitrogen and oxygen atoms in total. The van der Waals surface area contributed by atoms with Gasteiger partial charge in [0.15, 0.2) is 23.1 Å². The molecule has 192 valence electrons. The Hall–Kier alpha value is -3.09. The maximum absolute atomic E-state index is 15.8. The fourth-order valence-corrected chi connectivity index (χ4v) is 5.15. The molecule has 4 rings (SSSR count). The van der Waals surface area contributed by atoms with E-state index in [0.717, 1.165) is 50.7 Å². The average molecular weight is 505 g/mol. The lowest BCUT2D eigenvalue weighted by Gasteiger charge is -2.29. The van der Waals surface area contributed by atoms with Gasteiger partial charge in [-0.2, -0.15) is 8.78 Å². The summed E-state index contributed by atoms with van der Waals surface area (Å²) >= 11 is 0. The average Bonchev–Trinajstić information content (AvgIpc) is 2.84. The molecule has 0 saturated heterocycles. The Morgan fingerprint density at radius 1 is 0.889 bits per heavy atom. The first-order valence-electron chi connectivity index (χ1n) is 12.3. The lowest BCUT2D eigenvalue weighted by molar-refractivity contribution is -0.0521. The number of hydrogen-bond donors (Lipinski definition) is 0. The minimum Gasteiger partial charge on any atom is -0.453 e. The second-order valence-corrected chi connectivity index (χ2v) is 9.36. The van der Waals surface area contributed by atoms with Crippen LogP contribution in [0.15, 0.2) is 48.5 Å². The maximum atomic E-state index is 15.8. The molecule has 36 heavy (non-hydrogen) atoms. The van der Waals surface area contributed by atoms with Crippen LogP contribution in [0.1, 0.15) is 62.5 Å². The molecule has 3 aromatic carbocycles. The molecule has 0 aromatic heterocycles. The van der Waals surface area contributed by atoms with Crippen molar-refractivity contribution in [3.63, 3.8) is 0 Å². The largest absolute Gasteiger partial charge is 0.453 e. The SMILES string of the molecule is CCC[C@H]1CC[C@H](c2c(F)cc(C)c(Oc3ccccc3-c3ccc(OC(F)F)c(F)c3)c2F)CC1. The highest BCUT2D eigenvalue weighted by Gasteiger charge is 2.29. The van der Waals surface area contributed by atoms with Gasteiger partial charge >= 0.3 is 6.61 Å². The maximum Gasteiger partial charge on any atom is 0.387 e. The molecule has 7 heteroatoms. The van der Waals surface area contributed by atoms with Gasteiger partial charge in [-0.3, -0.25) is 0 Å². The van der Waals surface area contributed by atoms with E-state index in [-0.39, 0.29) is 23.0 Å². The number of aryl methyl sites for hydroxylation is 1. The molecule has 0 aliphatic heterocycles. The molecular weight excluding hydrogens is 475 g/mol. The highest BCUT2D eigenvalue weighted by atomic mass is 19.3. The standard InChI is InChI=1S/C29H29F5O2/c1-3-6-18-9-11-19(12-10-18)26-23(31)15-17(2)28(27(26)32)35-24-8-5-4-7-21(24)20-13-14-25(22(30)16-20)36-29(33)34/h4-5,7-8,13-16,18-19,29H,3,6,9-12H2,1-2H3/t18-,19-. The van der Waals surface area contributed by atoms with Crippen LogP contribution in [0.5, 0.6) is 17.2 Å². The van der Waals surface area contributed by atoms with Crippen LogP contribution in [-0.2, 0) is 0 Å². The Balaban J connectivity index is 1.65. The molecule has 1 aliphatic rings. The van der Waals surface area contributed by atoms with E-state index < -0.39 is 29.8 Å². The Morgan fingerprint density at radius 3 is 2.28 bits per heavy atom. The fraction of sp³-hybridized carbons (Fsp3) is 0.379. The van der Waals surface area contributed by atoms with Crippen molar-refractivity contribution in [1.29, 1.82) is 0 Å². The lowest BCUT2D eigenvalue weighted by atomic mass is 9.77. The molecule has 0 atom stereocenters. The van der Waals surface area contributed by atoms with Gasteiger partial charge in [0, 0.05) is 11.1 Å². The summed E-state index contributed by atoms with van der Waals surface area (Å²) in [5.74, 6) is -2.29. The van der Waals surface area contributed by atoms with Crippen molar-refractivity contribution in [2.75, 3.05) is 0 Å². The van der Waals surface area contributed by atoms with Crippen LogP contribution in [0.4, 0.5) is 22.0 Å². The first-order valence-corrected chi connectivity index (χ1v) is 12.3. The van der Waals surface area contributed by atoms with Crippen LogP contribution >= 0.6 is 0 Å². The highest BCUT2D eigenvalue weighted by molar-refractivity contribution is 5.71. The zero-order valence-corrected chi connectivity index (χ0v) is 20.3. The number of ether oxygens (including phenoxy) is 2. The van der Waals surface area contributed by atoms with Crippen molar-refractivity contribution in [2.24, 2.45) is 5.92 Å². The summed E-state index contributed by atoms with van der Waals surface area (Å²) in [6, 6.07) is 11.5. The van der Waals surface area contributed by atoms with Crippen molar-refractivity contribution in [3.05, 3.63) is 77.1 Å². The van der Waals surface area contributed by atoms with Crippen LogP contribution in [0.2, 0.25) is 0 Å². The van der Waals surface area contributed by atoms with Crippen LogP contribution < -0.4 is 9.47 Å². The van der Waals surface area contributed by atoms with Crippen LogP contribution in [0, 0.1) is 30.3 Å². The van der Waals surface area contributed by atoms with Gasteiger partial charge < -0.3 is 9.47 Å². The third kappa shape index (κ3) is 5.66. The predicted molar refractivity (Wildman–Crippen MR) is 129 cm³/mol. The minimum absolute atomic E-state index is 0.0579. The molecule has 0 heterocycles. The summed E-state index contributed by atoms with van der Waals surface area (Å²) in [5, 5.41) is 0. The molecule has 0 N–H and O–H groups in total. The van der Waals surface area contributed by atoms with Crippen molar-refractivity contribution in [2.45, 2.75) is 64.9 Å². The third-order valence-corrected chi connectivity index (χ3v) is 6.90. The predicted octanol–water partition coefficient (Wildman–Crippen LogP) is 9.55. The molecule has 1 fully saturated rings. The number of benzene rings is 3. The van der Waals surface area contributed by atoms with Crippen LogP contribution in [-0.4, -0.2) is 6.61 Å². The van der Waals surface area contributed by atoms with Gasteiger partial charge in [-0.15, -0.1) is 0 Å². The molecule has 0 spiro atoms. The summed E-state index contributed by atoms with van der Waals surface area (Å²) in [6.45, 7) is 0.566. The van der Waals surface area contributed by atoms with Crippen LogP contribution in [0.25, 0.3) is 11.1 Å². The Kier molecular flexibility index (Phi) is 8.17. The van der Waals surface area contributed by atoms with Gasteiger partial charge in [-0.1, -0.05) is 44.0 Å². The van der Waals surface area contributed by atoms with Gasteiger partial charge in [0.25, 0.3) is 0 Å². The number of para-hydroxylation sites is 1. The lowest BCUT2D eigenvalue weighted by Crippen LogP contribution is -2.16. The van der Waals surface area contributed by atoms with Crippen molar-refractivity contribution < 1.29 is 31.4 Å². The monoisotopic (exact) mass is 504 g/mol. The quantitative estimate of drug-likeness (QED) is 0.284. The number of rotatable bonds is 8. The normalized spacial score (nSPS) is 17.9. The van der Waals surface area contributed by atoms with Gasteiger partial charge in [0.05, 0.1) is 0 Å². The molecule has 0 radical (unpaired) electrons. The third-order valence-electron chi connectivity index (χ3n) is 6.90. The molecule has 0 bridgehead atoms. The minimum atomic E-state index is -3.15. The Bertz CT molecular complexity index is 1200. The Morgan fingerprint density at radius 2 is 1.61 bits per heavy atom. The summed E-state index contributed by atoms with van der Waals surface area (Å²) in [5.41, 5.74) is 1.11. The van der Waals surface area contributed by atoms with Crippen molar-refractivity contribution in [1.82, 2.24) is 0 Å². The van der Waals surface area contributed by atoms with Gasteiger partial charge in [0.2, 0.25) is 0 Å². The molecule has 0 unspecified atom stereocenters. The number of alkyl halides is 2. The van der Waals surface area contributed by atoms with Crippen LogP contribution in [0.3, 0.4) is 0 Å². The smallest absolute Gasteiger partial charge is 0.387 e. The highest BCUT2D eigenvalue weighted by Crippen LogP contribution is 2.44. The van der Waals surface area contributed by atoms with E-state index in [2.05, 4.69) is 11.7 Å². The zero-order chi connectivity index (χ0) is 25.8. The van der Waals surface area contributed by atoms with E-state index in [9.17, 15) is 17.6 Å². The summed E-state index contributed by atoms with van der Waals surface area (Å²) in [6.07, 6.45) is 5.58. The molecule has 3 aromatic rings. The number of halogens is 5. The first-order chi connectivity index (χ1) is 17.3. The van der Waals surface area contributed by atoms with E-state index in [0.29, 0.717) is 22.6 Å². The number of hydrogen-bond acceptors (Lipinski definition) is 2. The zero-order valence-electron chi connectivity index (χ0n) is 20.3. The fourth-order valence-electron chi connectivity index (χ4n) is 5.15. The Labute approximate surface area is 208 Å².